The molecule has 0 bridgehead atoms. The van der Waals surface area contributed by atoms with E-state index >= 15 is 0 Å². The molecule has 2 nitrogen and oxygen atoms in total. The van der Waals surface area contributed by atoms with Gasteiger partial charge in [-0.15, -0.1) is 0 Å². The Bertz CT molecular complexity index is 482. The lowest BCUT2D eigenvalue weighted by molar-refractivity contribution is 0.109. The first-order valence-corrected chi connectivity index (χ1v) is 6.97. The fourth-order valence-electron chi connectivity index (χ4n) is 2.59. The molecule has 1 aliphatic heterocycles. The molecule has 1 saturated heterocycles. The van der Waals surface area contributed by atoms with Gasteiger partial charge in [-0.3, -0.25) is 4.90 Å². The molecule has 0 aliphatic carbocycles. The van der Waals surface area contributed by atoms with Crippen LogP contribution < -0.4 is 0 Å². The predicted molar refractivity (Wildman–Crippen MR) is 74.0 cm³/mol. The Kier molecular flexibility index (Phi) is 4.21. The van der Waals surface area contributed by atoms with E-state index in [1.165, 1.54) is 25.3 Å². The number of piperidine rings is 1. The van der Waals surface area contributed by atoms with Crippen molar-refractivity contribution in [3.05, 3.63) is 35.1 Å². The molecule has 1 aliphatic rings. The smallest absolute Gasteiger partial charge is 0.129 e. The molecule has 0 amide bonds. The number of likely N-dealkylation sites (tertiary alicyclic amines) is 1. The van der Waals surface area contributed by atoms with Gasteiger partial charge in [0.1, 0.15) is 5.82 Å². The Morgan fingerprint density at radius 1 is 1.37 bits per heavy atom. The number of hydrogen-bond donors (Lipinski definition) is 0. The molecule has 102 valence electrons. The number of nitriles is 1. The van der Waals surface area contributed by atoms with Crippen LogP contribution >= 0.6 is 0 Å². The predicted octanol–water partition coefficient (Wildman–Crippen LogP) is 3.71. The van der Waals surface area contributed by atoms with Crippen LogP contribution in [0, 0.1) is 22.6 Å². The number of benzene rings is 1. The molecule has 0 unspecified atom stereocenters. The number of hydrogen-bond acceptors (Lipinski definition) is 2. The van der Waals surface area contributed by atoms with E-state index in [-0.39, 0.29) is 5.82 Å². The summed E-state index contributed by atoms with van der Waals surface area (Å²) in [5.74, 6) is -0.261. The maximum atomic E-state index is 13.8. The van der Waals surface area contributed by atoms with Gasteiger partial charge in [0.2, 0.25) is 0 Å². The molecule has 0 spiro atoms. The average molecular weight is 260 g/mol. The Morgan fingerprint density at radius 2 is 2.05 bits per heavy atom. The Morgan fingerprint density at radius 3 is 2.58 bits per heavy atom. The summed E-state index contributed by atoms with van der Waals surface area (Å²) in [6.45, 7) is 7.30. The summed E-state index contributed by atoms with van der Waals surface area (Å²) in [5, 5.41) is 8.73. The molecule has 0 saturated carbocycles. The van der Waals surface area contributed by atoms with E-state index < -0.39 is 0 Å². The van der Waals surface area contributed by atoms with Crippen LogP contribution in [0.2, 0.25) is 0 Å². The third-order valence-corrected chi connectivity index (χ3v) is 4.49. The Balaban J connectivity index is 1.98. The second kappa shape index (κ2) is 5.71. The van der Waals surface area contributed by atoms with Gasteiger partial charge in [0, 0.05) is 12.1 Å². The van der Waals surface area contributed by atoms with Crippen LogP contribution in [0.5, 0.6) is 0 Å². The zero-order chi connectivity index (χ0) is 13.9. The maximum absolute atomic E-state index is 13.8. The van der Waals surface area contributed by atoms with Gasteiger partial charge in [-0.05, 0) is 43.5 Å². The third-order valence-electron chi connectivity index (χ3n) is 4.49. The van der Waals surface area contributed by atoms with E-state index in [1.54, 1.807) is 12.1 Å². The highest BCUT2D eigenvalue weighted by atomic mass is 19.1. The van der Waals surface area contributed by atoms with E-state index in [4.69, 9.17) is 5.26 Å². The summed E-state index contributed by atoms with van der Waals surface area (Å²) in [6.07, 6.45) is 3.58. The molecule has 1 aromatic carbocycles. The molecule has 1 fully saturated rings. The minimum Gasteiger partial charge on any atom is -0.299 e. The van der Waals surface area contributed by atoms with E-state index in [0.717, 1.165) is 13.1 Å². The van der Waals surface area contributed by atoms with Gasteiger partial charge in [-0.1, -0.05) is 26.3 Å². The highest BCUT2D eigenvalue weighted by Gasteiger charge is 2.28. The number of rotatable bonds is 3. The van der Waals surface area contributed by atoms with Crippen molar-refractivity contribution in [3.8, 4) is 6.07 Å². The molecule has 0 radical (unpaired) electrons. The number of halogens is 1. The summed E-state index contributed by atoms with van der Waals surface area (Å²) >= 11 is 0. The van der Waals surface area contributed by atoms with Crippen LogP contribution in [0.3, 0.4) is 0 Å². The first kappa shape index (κ1) is 14.0. The van der Waals surface area contributed by atoms with Gasteiger partial charge >= 0.3 is 0 Å². The topological polar surface area (TPSA) is 27.0 Å². The molecule has 3 heteroatoms. The second-order valence-electron chi connectivity index (χ2n) is 5.86. The van der Waals surface area contributed by atoms with Crippen molar-refractivity contribution in [2.24, 2.45) is 5.41 Å². The SMILES string of the molecule is CCC1(C)CCN(Cc2ccc(C#N)cc2F)CC1. The third kappa shape index (κ3) is 3.33. The van der Waals surface area contributed by atoms with Gasteiger partial charge in [-0.25, -0.2) is 4.39 Å². The van der Waals surface area contributed by atoms with Crippen LogP contribution in [0.1, 0.15) is 44.2 Å². The van der Waals surface area contributed by atoms with E-state index in [1.807, 2.05) is 6.07 Å². The molecule has 0 atom stereocenters. The summed E-state index contributed by atoms with van der Waals surface area (Å²) in [6, 6.07) is 6.72. The van der Waals surface area contributed by atoms with E-state index in [0.29, 0.717) is 23.1 Å². The van der Waals surface area contributed by atoms with Crippen LogP contribution in [0.15, 0.2) is 18.2 Å². The fraction of sp³-hybridized carbons (Fsp3) is 0.562. The van der Waals surface area contributed by atoms with Gasteiger partial charge in [0.15, 0.2) is 0 Å². The maximum Gasteiger partial charge on any atom is 0.129 e. The van der Waals surface area contributed by atoms with E-state index in [2.05, 4.69) is 18.7 Å². The molecule has 19 heavy (non-hydrogen) atoms. The van der Waals surface area contributed by atoms with Crippen molar-refractivity contribution in [2.75, 3.05) is 13.1 Å². The molecule has 1 heterocycles. The van der Waals surface area contributed by atoms with Crippen molar-refractivity contribution < 1.29 is 4.39 Å². The highest BCUT2D eigenvalue weighted by molar-refractivity contribution is 5.32. The standard InChI is InChI=1S/C16H21FN2/c1-3-16(2)6-8-19(9-7-16)12-14-5-4-13(11-18)10-15(14)17/h4-5,10H,3,6-9,12H2,1-2H3. The first-order chi connectivity index (χ1) is 9.06. The van der Waals surface area contributed by atoms with E-state index in [9.17, 15) is 4.39 Å². The average Bonchev–Trinajstić information content (AvgIpc) is 2.43. The van der Waals surface area contributed by atoms with Crippen LogP contribution in [-0.2, 0) is 6.54 Å². The molecular weight excluding hydrogens is 239 g/mol. The van der Waals surface area contributed by atoms with Crippen LogP contribution in [0.25, 0.3) is 0 Å². The summed E-state index contributed by atoms with van der Waals surface area (Å²) < 4.78 is 13.8. The van der Waals surface area contributed by atoms with Gasteiger partial charge in [0.05, 0.1) is 11.6 Å². The summed E-state index contributed by atoms with van der Waals surface area (Å²) in [7, 11) is 0. The monoisotopic (exact) mass is 260 g/mol. The largest absolute Gasteiger partial charge is 0.299 e. The van der Waals surface area contributed by atoms with Crippen molar-refractivity contribution in [1.29, 1.82) is 5.26 Å². The van der Waals surface area contributed by atoms with Gasteiger partial charge in [0.25, 0.3) is 0 Å². The lowest BCUT2D eigenvalue weighted by Crippen LogP contribution is -2.38. The zero-order valence-corrected chi connectivity index (χ0v) is 11.7. The molecule has 0 aromatic heterocycles. The van der Waals surface area contributed by atoms with Gasteiger partial charge in [-0.2, -0.15) is 5.26 Å². The van der Waals surface area contributed by atoms with Crippen molar-refractivity contribution >= 4 is 0 Å². The summed E-state index contributed by atoms with van der Waals surface area (Å²) in [5.41, 5.74) is 1.54. The highest BCUT2D eigenvalue weighted by Crippen LogP contribution is 2.34. The van der Waals surface area contributed by atoms with Crippen LogP contribution in [0.4, 0.5) is 4.39 Å². The minimum absolute atomic E-state index is 0.261. The van der Waals surface area contributed by atoms with Crippen LogP contribution in [-0.4, -0.2) is 18.0 Å². The Hall–Kier alpha value is -1.40. The first-order valence-electron chi connectivity index (χ1n) is 6.97. The lowest BCUT2D eigenvalue weighted by atomic mass is 9.78. The molecular formula is C16H21FN2. The number of nitrogens with zero attached hydrogens (tertiary/aromatic N) is 2. The van der Waals surface area contributed by atoms with Crippen molar-refractivity contribution in [2.45, 2.75) is 39.7 Å². The molecule has 0 N–H and O–H groups in total. The van der Waals surface area contributed by atoms with Crippen molar-refractivity contribution in [1.82, 2.24) is 4.90 Å². The second-order valence-corrected chi connectivity index (χ2v) is 5.86. The van der Waals surface area contributed by atoms with Gasteiger partial charge < -0.3 is 0 Å². The Labute approximate surface area is 114 Å². The molecule has 1 aromatic rings. The quantitative estimate of drug-likeness (QED) is 0.828. The minimum atomic E-state index is -0.261. The normalized spacial score (nSPS) is 19.1. The lowest BCUT2D eigenvalue weighted by Gasteiger charge is -2.39. The molecule has 2 rings (SSSR count). The van der Waals surface area contributed by atoms with Crippen molar-refractivity contribution in [3.63, 3.8) is 0 Å². The fourth-order valence-corrected chi connectivity index (χ4v) is 2.59. The summed E-state index contributed by atoms with van der Waals surface area (Å²) in [4.78, 5) is 2.31. The zero-order valence-electron chi connectivity index (χ0n) is 11.7.